The van der Waals surface area contributed by atoms with E-state index in [9.17, 15) is 14.4 Å². The number of hydrogen-bond acceptors (Lipinski definition) is 7. The summed E-state index contributed by atoms with van der Waals surface area (Å²) in [6.07, 6.45) is 3.16. The lowest BCUT2D eigenvalue weighted by atomic mass is 10.0. The van der Waals surface area contributed by atoms with Crippen LogP contribution in [0.3, 0.4) is 0 Å². The third-order valence-electron chi connectivity index (χ3n) is 6.22. The van der Waals surface area contributed by atoms with Crippen LogP contribution in [0.15, 0.2) is 33.9 Å². The Kier molecular flexibility index (Phi) is 6.03. The number of rotatable bonds is 8. The highest BCUT2D eigenvalue weighted by Crippen LogP contribution is 2.28. The number of amides is 1. The lowest BCUT2D eigenvalue weighted by Crippen LogP contribution is -2.51. The summed E-state index contributed by atoms with van der Waals surface area (Å²) < 4.78 is 5.27. The highest BCUT2D eigenvalue weighted by Gasteiger charge is 2.30. The molecule has 2 aromatic carbocycles. The normalized spacial score (nSPS) is 18.6. The van der Waals surface area contributed by atoms with Gasteiger partial charge in [-0.2, -0.15) is 0 Å². The van der Waals surface area contributed by atoms with Crippen LogP contribution >= 0.6 is 0 Å². The van der Waals surface area contributed by atoms with Crippen LogP contribution in [0.5, 0.6) is 5.75 Å². The monoisotopic (exact) mass is 412 g/mol. The first-order valence-electron chi connectivity index (χ1n) is 10.5. The van der Waals surface area contributed by atoms with Crippen molar-refractivity contribution in [3.05, 3.63) is 50.3 Å². The van der Waals surface area contributed by atoms with E-state index >= 15 is 0 Å². The second kappa shape index (κ2) is 8.87. The summed E-state index contributed by atoms with van der Waals surface area (Å²) in [5.41, 5.74) is 1.17. The molecule has 0 spiro atoms. The summed E-state index contributed by atoms with van der Waals surface area (Å²) >= 11 is 0. The van der Waals surface area contributed by atoms with Gasteiger partial charge in [0.1, 0.15) is 17.1 Å². The summed E-state index contributed by atoms with van der Waals surface area (Å²) in [7, 11) is 1.65. The molecule has 0 aromatic heterocycles. The zero-order chi connectivity index (χ0) is 21.1. The van der Waals surface area contributed by atoms with Gasteiger partial charge in [-0.1, -0.05) is 12.1 Å². The molecule has 2 aliphatic heterocycles. The van der Waals surface area contributed by atoms with E-state index in [0.29, 0.717) is 44.1 Å². The quantitative estimate of drug-likeness (QED) is 0.508. The lowest BCUT2D eigenvalue weighted by Gasteiger charge is -2.36. The van der Waals surface area contributed by atoms with Gasteiger partial charge < -0.3 is 19.9 Å². The smallest absolute Gasteiger partial charge is 0.253 e. The first kappa shape index (κ1) is 20.4. The lowest BCUT2D eigenvalue weighted by molar-refractivity contribution is -0.118. The molecule has 2 saturated heterocycles. The molecular weight excluding hydrogens is 384 g/mol. The number of nitrogens with one attached hydrogen (secondary N) is 1. The molecule has 1 N–H and O–H groups in total. The van der Waals surface area contributed by atoms with E-state index in [0.717, 1.165) is 30.8 Å². The number of likely N-dealkylation sites (tertiary alicyclic amines) is 1. The van der Waals surface area contributed by atoms with Gasteiger partial charge in [-0.3, -0.25) is 19.3 Å². The van der Waals surface area contributed by atoms with Gasteiger partial charge in [-0.25, -0.2) is 0 Å². The number of methoxy groups -OCH3 is 1. The predicted octanol–water partition coefficient (Wildman–Crippen LogP) is 0.819. The first-order valence-corrected chi connectivity index (χ1v) is 10.5. The third-order valence-corrected chi connectivity index (χ3v) is 6.22. The van der Waals surface area contributed by atoms with Gasteiger partial charge in [0.25, 0.3) is 10.9 Å². The van der Waals surface area contributed by atoms with Crippen molar-refractivity contribution in [2.24, 2.45) is 0 Å². The van der Waals surface area contributed by atoms with Gasteiger partial charge >= 0.3 is 0 Å². The molecule has 1 amide bonds. The molecule has 0 aliphatic carbocycles. The van der Waals surface area contributed by atoms with Crippen molar-refractivity contribution >= 4 is 17.8 Å². The van der Waals surface area contributed by atoms with Crippen LogP contribution in [0, 0.1) is 0 Å². The molecule has 8 heteroatoms. The predicted molar refractivity (Wildman–Crippen MR) is 116 cm³/mol. The number of hydrogen-bond donors (Lipinski definition) is 1. The fourth-order valence-corrected chi connectivity index (χ4v) is 4.43. The van der Waals surface area contributed by atoms with Crippen LogP contribution in [0.1, 0.15) is 24.4 Å². The summed E-state index contributed by atoms with van der Waals surface area (Å²) in [5.74, 6) is 0.811. The summed E-state index contributed by atoms with van der Waals surface area (Å²) in [5, 5.41) is 3.29. The van der Waals surface area contributed by atoms with E-state index < -0.39 is 10.9 Å². The topological polar surface area (TPSA) is 82.2 Å². The van der Waals surface area contributed by atoms with E-state index in [1.807, 2.05) is 17.0 Å². The van der Waals surface area contributed by atoms with Crippen LogP contribution in [-0.4, -0.2) is 69.1 Å². The maximum atomic E-state index is 12.3. The van der Waals surface area contributed by atoms with E-state index in [2.05, 4.69) is 22.3 Å². The van der Waals surface area contributed by atoms with Crippen molar-refractivity contribution in [1.82, 2.24) is 9.80 Å². The standard InChI is InChI=1S/C22H28N4O4/c1-30-17-6-4-16(5-7-17)18(25-8-2-3-9-25)14-23-19-20(22(29)21(19)28)26-12-10-24(15-27)11-13-26/h4-7,15,18,23H,2-3,8-14H2,1H3/t18-/m1/s1. The van der Waals surface area contributed by atoms with Crippen molar-refractivity contribution in [1.29, 1.82) is 0 Å². The highest BCUT2D eigenvalue weighted by atomic mass is 16.5. The van der Waals surface area contributed by atoms with Crippen LogP contribution in [-0.2, 0) is 4.79 Å². The summed E-state index contributed by atoms with van der Waals surface area (Å²) in [4.78, 5) is 41.5. The summed E-state index contributed by atoms with van der Waals surface area (Å²) in [6, 6.07) is 8.14. The molecule has 160 valence electrons. The number of benzene rings is 1. The minimum atomic E-state index is -0.447. The van der Waals surface area contributed by atoms with Crippen molar-refractivity contribution in [3.8, 4) is 5.75 Å². The van der Waals surface area contributed by atoms with Gasteiger partial charge in [0, 0.05) is 32.7 Å². The Labute approximate surface area is 175 Å². The number of carbonyl (C=O) groups is 1. The number of nitrogens with zero attached hydrogens (tertiary/aromatic N) is 3. The Bertz CT molecular complexity index is 937. The van der Waals surface area contributed by atoms with Crippen LogP contribution in [0.25, 0.3) is 0 Å². The van der Waals surface area contributed by atoms with Crippen molar-refractivity contribution < 1.29 is 9.53 Å². The fraction of sp³-hybridized carbons (Fsp3) is 0.500. The molecule has 8 nitrogen and oxygen atoms in total. The van der Waals surface area contributed by atoms with Gasteiger partial charge in [-0.15, -0.1) is 0 Å². The molecule has 0 saturated carbocycles. The second-order valence-corrected chi connectivity index (χ2v) is 7.92. The van der Waals surface area contributed by atoms with E-state index in [4.69, 9.17) is 4.74 Å². The Balaban J connectivity index is 1.50. The zero-order valence-electron chi connectivity index (χ0n) is 17.3. The molecule has 4 rings (SSSR count). The minimum absolute atomic E-state index is 0.113. The molecule has 2 heterocycles. The molecule has 0 unspecified atom stereocenters. The molecule has 2 aliphatic rings. The maximum absolute atomic E-state index is 12.3. The Morgan fingerprint density at radius 3 is 2.27 bits per heavy atom. The van der Waals surface area contributed by atoms with Gasteiger partial charge in [0.05, 0.1) is 13.2 Å². The van der Waals surface area contributed by atoms with Crippen molar-refractivity contribution in [3.63, 3.8) is 0 Å². The largest absolute Gasteiger partial charge is 0.497 e. The van der Waals surface area contributed by atoms with E-state index in [1.165, 1.54) is 12.8 Å². The SMILES string of the molecule is COc1ccc([C@@H](CNc2c(N3CCN(C=O)CC3)c(=O)c2=O)N2CCCC2)cc1. The van der Waals surface area contributed by atoms with Crippen LogP contribution in [0.4, 0.5) is 11.4 Å². The molecule has 2 aromatic rings. The molecule has 0 radical (unpaired) electrons. The van der Waals surface area contributed by atoms with Gasteiger partial charge in [0.15, 0.2) is 0 Å². The summed E-state index contributed by atoms with van der Waals surface area (Å²) in [6.45, 7) is 4.83. The number of ether oxygens (including phenoxy) is 1. The van der Waals surface area contributed by atoms with Crippen molar-refractivity contribution in [2.75, 3.05) is 63.1 Å². The van der Waals surface area contributed by atoms with Crippen LogP contribution < -0.4 is 25.8 Å². The van der Waals surface area contributed by atoms with E-state index in [-0.39, 0.29) is 6.04 Å². The van der Waals surface area contributed by atoms with Crippen molar-refractivity contribution in [2.45, 2.75) is 18.9 Å². The molecule has 30 heavy (non-hydrogen) atoms. The third kappa shape index (κ3) is 3.92. The van der Waals surface area contributed by atoms with Gasteiger partial charge in [0.2, 0.25) is 6.41 Å². The average molecular weight is 412 g/mol. The average Bonchev–Trinajstić information content (AvgIpc) is 3.33. The second-order valence-electron chi connectivity index (χ2n) is 7.92. The Hall–Kier alpha value is -2.87. The first-order chi connectivity index (χ1) is 14.6. The Morgan fingerprint density at radius 1 is 1.00 bits per heavy atom. The maximum Gasteiger partial charge on any atom is 0.253 e. The number of piperazine rings is 1. The Morgan fingerprint density at radius 2 is 1.67 bits per heavy atom. The van der Waals surface area contributed by atoms with Crippen LogP contribution in [0.2, 0.25) is 0 Å². The highest BCUT2D eigenvalue weighted by molar-refractivity contribution is 5.75. The van der Waals surface area contributed by atoms with Gasteiger partial charge in [-0.05, 0) is 43.6 Å². The van der Waals surface area contributed by atoms with E-state index in [1.54, 1.807) is 12.0 Å². The number of carbonyl (C=O) groups excluding carboxylic acids is 1. The minimum Gasteiger partial charge on any atom is -0.497 e. The molecule has 2 fully saturated rings. The molecular formula is C22H28N4O4. The molecule has 1 atom stereocenters. The molecule has 0 bridgehead atoms. The zero-order valence-corrected chi connectivity index (χ0v) is 17.3. The number of anilines is 2. The fourth-order valence-electron chi connectivity index (χ4n) is 4.43.